The van der Waals surface area contributed by atoms with Crippen molar-refractivity contribution in [2.45, 2.75) is 134 Å². The lowest BCUT2D eigenvalue weighted by molar-refractivity contribution is -0.134. The number of aliphatic hydroxyl groups excluding tert-OH is 1. The Bertz CT molecular complexity index is 5150. The number of carbonyl (C=O) groups excluding carboxylic acids is 8. The molecule has 2 saturated heterocycles. The van der Waals surface area contributed by atoms with Crippen LogP contribution in [-0.2, 0) is 118 Å². The minimum atomic E-state index is -4.34. The maximum Gasteiger partial charge on any atom is 0.410 e. The lowest BCUT2D eigenvalue weighted by Crippen LogP contribution is -2.55. The van der Waals surface area contributed by atoms with Crippen LogP contribution in [-0.4, -0.2) is 255 Å². The van der Waals surface area contributed by atoms with Gasteiger partial charge in [-0.2, -0.15) is 4.98 Å². The number of benzene rings is 4. The highest BCUT2D eigenvalue weighted by molar-refractivity contribution is 8.44. The molecule has 11 rings (SSSR count). The van der Waals surface area contributed by atoms with Crippen molar-refractivity contribution in [2.24, 2.45) is 11.8 Å². The topological polar surface area (TPSA) is 488 Å². The van der Waals surface area contributed by atoms with Crippen molar-refractivity contribution in [1.29, 1.82) is 0 Å². The molecule has 12 atom stereocenters. The molecule has 8 amide bonds. The lowest BCUT2D eigenvalue weighted by atomic mass is 10.0. The molecule has 4 aromatic carbocycles. The second kappa shape index (κ2) is 49.0. The number of amides is 8. The van der Waals surface area contributed by atoms with E-state index >= 15 is 0 Å². The predicted octanol–water partition coefficient (Wildman–Crippen LogP) is 6.38. The van der Waals surface area contributed by atoms with E-state index in [9.17, 15) is 57.4 Å². The summed E-state index contributed by atoms with van der Waals surface area (Å²) in [5, 5.41) is 27.6. The Kier molecular flexibility index (Phi) is 37.7. The van der Waals surface area contributed by atoms with Gasteiger partial charge in [0.15, 0.2) is 17.4 Å². The van der Waals surface area contributed by atoms with E-state index in [1.165, 1.54) is 42.0 Å². The first-order chi connectivity index (χ1) is 61.7. The van der Waals surface area contributed by atoms with Crippen LogP contribution in [0.1, 0.15) is 104 Å². The number of fused-ring (bicyclic) bond motifs is 6. The summed E-state index contributed by atoms with van der Waals surface area (Å²) in [7, 11) is 3.05. The number of rotatable bonds is 43. The number of aromatic nitrogens is 6. The van der Waals surface area contributed by atoms with Gasteiger partial charge in [0.25, 0.3) is 11.5 Å². The molecule has 40 nitrogen and oxygen atoms in total. The molecule has 0 radical (unpaired) electrons. The van der Waals surface area contributed by atoms with Crippen LogP contribution in [0.3, 0.4) is 0 Å². The number of aromatic amines is 1. The van der Waals surface area contributed by atoms with E-state index in [2.05, 4.69) is 93.2 Å². The summed E-state index contributed by atoms with van der Waals surface area (Å²) in [5.41, 5.74) is 2.71. The van der Waals surface area contributed by atoms with Gasteiger partial charge in [0.2, 0.25) is 47.3 Å². The first-order valence-electron chi connectivity index (χ1n) is 41.5. The SMILES string of the molecule is COCCOCCOCCOCCOCCOCCOCCNC(=O)[C@H](CC(=O)N[C@H](C(=O)N[C@@H](C)C(=O)Nc1ccc(COC(=O)N(C)Cc2ccccc2C(=O)Nc2nc3c(ncn3[C@@H]3O[C@@H]4CO[P@@](=O)(S)O[C@H]5C[C@H](Oc6ccncn6)C[C@@H]5CCO[P@@](=O)(S)O[C@@H]3[C@@H]4O)c(=O)[nH]2)cc1)C(C)C)NC(=O)CCC(=O)N1Cc2ccccc2C#Cc2ccccc21. The molecule has 128 heavy (non-hydrogen) atoms. The van der Waals surface area contributed by atoms with Gasteiger partial charge in [-0.1, -0.05) is 111 Å². The fourth-order valence-corrected chi connectivity index (χ4v) is 17.0. The van der Waals surface area contributed by atoms with E-state index < -0.39 is 135 Å². The normalized spacial score (nSPS) is 20.9. The molecule has 0 spiro atoms. The molecule has 3 aliphatic heterocycles. The van der Waals surface area contributed by atoms with E-state index in [0.29, 0.717) is 106 Å². The smallest absolute Gasteiger partial charge is 0.410 e. The van der Waals surface area contributed by atoms with Gasteiger partial charge in [0.1, 0.15) is 55.5 Å². The molecule has 3 aromatic heterocycles. The van der Waals surface area contributed by atoms with Gasteiger partial charge >= 0.3 is 19.7 Å². The second-order valence-corrected chi connectivity index (χ2v) is 36.0. The predicted molar refractivity (Wildman–Crippen MR) is 468 cm³/mol. The van der Waals surface area contributed by atoms with Crippen LogP contribution >= 0.6 is 38.1 Å². The van der Waals surface area contributed by atoms with Gasteiger partial charge < -0.3 is 93.4 Å². The summed E-state index contributed by atoms with van der Waals surface area (Å²) in [6.07, 6.45) is -4.47. The van der Waals surface area contributed by atoms with Gasteiger partial charge in [-0.15, -0.1) is 0 Å². The van der Waals surface area contributed by atoms with Gasteiger partial charge in [-0.3, -0.25) is 66.8 Å². The maximum absolute atomic E-state index is 14.2. The maximum atomic E-state index is 14.2. The Morgan fingerprint density at radius 3 is 2.05 bits per heavy atom. The van der Waals surface area contributed by atoms with E-state index in [1.54, 1.807) is 92.6 Å². The van der Waals surface area contributed by atoms with Crippen molar-refractivity contribution >= 4 is 114 Å². The van der Waals surface area contributed by atoms with Gasteiger partial charge in [-0.05, 0) is 84.7 Å². The fraction of sp³-hybridized carbons (Fsp3) is 0.488. The van der Waals surface area contributed by atoms with E-state index in [-0.39, 0.29) is 113 Å². The largest absolute Gasteiger partial charge is 0.474 e. The highest BCUT2D eigenvalue weighted by Gasteiger charge is 2.51. The van der Waals surface area contributed by atoms with Crippen LogP contribution in [0.25, 0.3) is 11.2 Å². The molecule has 1 saturated carbocycles. The Balaban J connectivity index is 0.632. The van der Waals surface area contributed by atoms with Crippen LogP contribution < -0.4 is 47.1 Å². The van der Waals surface area contributed by atoms with Crippen molar-refractivity contribution in [3.8, 4) is 17.7 Å². The quantitative estimate of drug-likeness (QED) is 0.00857. The number of nitrogens with one attached hydrogen (secondary N) is 7. The molecule has 3 fully saturated rings. The molecule has 1 aliphatic carbocycles. The molecule has 2 bridgehead atoms. The number of H-pyrrole nitrogens is 1. The minimum absolute atomic E-state index is 0.0290. The summed E-state index contributed by atoms with van der Waals surface area (Å²) < 4.78 is 108. The van der Waals surface area contributed by atoms with Crippen molar-refractivity contribution < 1.29 is 118 Å². The number of aliphatic hydroxyl groups is 1. The monoisotopic (exact) mass is 1850 g/mol. The van der Waals surface area contributed by atoms with E-state index in [4.69, 9.17) is 65.5 Å². The zero-order valence-electron chi connectivity index (χ0n) is 71.1. The molecule has 44 heteroatoms. The average Bonchev–Trinajstić information content (AvgIpc) is 1.61. The van der Waals surface area contributed by atoms with Crippen molar-refractivity contribution in [3.63, 3.8) is 0 Å². The minimum Gasteiger partial charge on any atom is -0.474 e. The first-order valence-corrected chi connectivity index (χ1v) is 46.9. The van der Waals surface area contributed by atoms with Crippen LogP contribution in [0, 0.1) is 23.7 Å². The van der Waals surface area contributed by atoms with Gasteiger partial charge in [-0.25, -0.2) is 28.9 Å². The van der Waals surface area contributed by atoms with Crippen molar-refractivity contribution in [3.05, 3.63) is 166 Å². The number of ether oxygens (including phenoxy) is 10. The highest BCUT2D eigenvalue weighted by Crippen LogP contribution is 2.60. The zero-order valence-corrected chi connectivity index (χ0v) is 74.7. The molecule has 7 aromatic rings. The van der Waals surface area contributed by atoms with E-state index in [0.717, 1.165) is 17.5 Å². The number of carbonyl (C=O) groups is 8. The third kappa shape index (κ3) is 29.7. The third-order valence-corrected chi connectivity index (χ3v) is 23.8. The Morgan fingerprint density at radius 2 is 1.36 bits per heavy atom. The Morgan fingerprint density at radius 1 is 0.703 bits per heavy atom. The lowest BCUT2D eigenvalue weighted by Gasteiger charge is -2.26. The highest BCUT2D eigenvalue weighted by atomic mass is 32.7. The Labute approximate surface area is 748 Å². The summed E-state index contributed by atoms with van der Waals surface area (Å²) >= 11 is 8.49. The Hall–Kier alpha value is -10.1. The number of hydrogen-bond donors (Lipinski definition) is 10. The molecule has 6 heterocycles. The van der Waals surface area contributed by atoms with E-state index in [1.807, 2.05) is 30.3 Å². The first kappa shape index (κ1) is 98.5. The molecular weight excluding hydrogens is 1750 g/mol. The number of hydrogen-bond acceptors (Lipinski definition) is 30. The number of para-hydroxylation sites is 1. The van der Waals surface area contributed by atoms with Crippen molar-refractivity contribution in [1.82, 2.24) is 55.7 Å². The molecular formula is C84H106N14O26P2S2. The third-order valence-electron chi connectivity index (χ3n) is 20.5. The molecule has 690 valence electrons. The number of methoxy groups -OCH3 is 1. The molecule has 0 unspecified atom stereocenters. The summed E-state index contributed by atoms with van der Waals surface area (Å²) in [5.74, 6) is 0.580. The number of thiol groups is 2. The fourth-order valence-electron chi connectivity index (χ4n) is 14.0. The molecule has 8 N–H and O–H groups in total. The van der Waals surface area contributed by atoms with Crippen LogP contribution in [0.4, 0.5) is 22.1 Å². The van der Waals surface area contributed by atoms with Crippen LogP contribution in [0.5, 0.6) is 5.88 Å². The average molecular weight is 1850 g/mol. The van der Waals surface area contributed by atoms with Crippen molar-refractivity contribution in [2.75, 3.05) is 135 Å². The standard InChI is InChI=1S/C84H106N14O26P2S2/c1-53(2)72(92-69(100)46-64(79(105)86-29-31-112-34-35-114-38-39-116-42-43-117-41-40-115-37-36-113-33-32-111-5)91-68(99)24-25-71(101)97-48-59-14-7-6-12-56(59)20-21-57-13-9-11-17-65(57)97)80(106)89-54(3)77(103)90-61-22-18-55(19-23-61)49-118-84(108)96(4)47-60-15-8-10-16-63(60)78(104)94-83-93-76-73(81(107)95-83)88-52-98(76)82-75-74(102)67(122-82)50-120-126(110,128)123-66-45-62(121-70-26-28-85-51-87-70)44-58(66)27-30-119-125(109,127)124-75/h6-19,22-23,26,28,51-54,58,62,64,66-67,72,74-75,82,102H,24-25,27,29-50H2,1-5H3,(H,86,105)(H,89,106)(H,90,103)(H,91,99)(H,92,100)(H,109,127)(H,110,128)(H2,93,94,95,104,107)/t54-,58-,62+,64-,66-,67+,72-,74+,75+,82+,125+,126+/m0/s1. The second-order valence-electron chi connectivity index (χ2n) is 30.3. The summed E-state index contributed by atoms with van der Waals surface area (Å²) in [4.78, 5) is 147. The van der Waals surface area contributed by atoms with Crippen LogP contribution in [0.15, 0.2) is 127 Å². The summed E-state index contributed by atoms with van der Waals surface area (Å²) in [6, 6.07) is 24.9. The van der Waals surface area contributed by atoms with Gasteiger partial charge in [0.05, 0.1) is 130 Å². The number of nitrogens with zero attached hydrogens (tertiary/aromatic N) is 7. The zero-order chi connectivity index (χ0) is 91.1. The molecule has 4 aliphatic rings. The number of anilines is 3. The van der Waals surface area contributed by atoms with Crippen LogP contribution in [0.2, 0.25) is 0 Å². The summed E-state index contributed by atoms with van der Waals surface area (Å²) in [6.45, 7) is -0.184. The number of imidazole rings is 1. The van der Waals surface area contributed by atoms with Gasteiger partial charge in [0, 0.05) is 81.2 Å².